The second-order valence-electron chi connectivity index (χ2n) is 5.12. The Labute approximate surface area is 139 Å². The van der Waals surface area contributed by atoms with E-state index in [2.05, 4.69) is 48.1 Å². The maximum Gasteiger partial charge on any atom is 0.223 e. The van der Waals surface area contributed by atoms with Crippen LogP contribution < -0.4 is 10.7 Å². The summed E-state index contributed by atoms with van der Waals surface area (Å²) >= 11 is 0. The number of hydrogen-bond donors (Lipinski definition) is 2. The molecule has 0 aromatic carbocycles. The summed E-state index contributed by atoms with van der Waals surface area (Å²) < 4.78 is 0. The minimum Gasteiger partial charge on any atom is -0.354 e. The Bertz CT molecular complexity index is 756. The van der Waals surface area contributed by atoms with E-state index in [4.69, 9.17) is 0 Å². The van der Waals surface area contributed by atoms with E-state index in [1.165, 1.54) is 10.4 Å². The van der Waals surface area contributed by atoms with Gasteiger partial charge in [0.1, 0.15) is 5.69 Å². The van der Waals surface area contributed by atoms with Crippen molar-refractivity contribution >= 4 is 5.95 Å². The molecule has 0 unspecified atom stereocenters. The second kappa shape index (κ2) is 7.95. The third kappa shape index (κ3) is 4.00. The van der Waals surface area contributed by atoms with Crippen molar-refractivity contribution in [2.75, 3.05) is 23.8 Å². The summed E-state index contributed by atoms with van der Waals surface area (Å²) in [5, 5.41) is 14.9. The predicted octanol–water partition coefficient (Wildman–Crippen LogP) is 1.13. The van der Waals surface area contributed by atoms with E-state index in [-0.39, 0.29) is 0 Å². The molecule has 9 nitrogen and oxygen atoms in total. The van der Waals surface area contributed by atoms with Crippen LogP contribution in [0, 0.1) is 0 Å². The lowest BCUT2D eigenvalue weighted by Gasteiger charge is -2.08. The van der Waals surface area contributed by atoms with Gasteiger partial charge in [-0.25, -0.2) is 9.97 Å². The standard InChI is InChI=1S/C15H19N9/c1-2-7-19-24-14(21-22-23-24)13-6-11-18-15(20-13)17-10-5-12-3-8-16-9-4-12/h3-4,6,8-9,11,19H,2,5,7,10H2,1H3,(H,17,18,20). The molecule has 3 heterocycles. The first-order valence-corrected chi connectivity index (χ1v) is 7.85. The Kier molecular flexibility index (Phi) is 5.23. The first-order chi connectivity index (χ1) is 11.9. The smallest absolute Gasteiger partial charge is 0.223 e. The van der Waals surface area contributed by atoms with E-state index < -0.39 is 0 Å². The quantitative estimate of drug-likeness (QED) is 0.635. The van der Waals surface area contributed by atoms with Gasteiger partial charge in [-0.15, -0.1) is 9.89 Å². The Hall–Kier alpha value is -3.10. The minimum absolute atomic E-state index is 0.548. The van der Waals surface area contributed by atoms with E-state index >= 15 is 0 Å². The molecule has 0 radical (unpaired) electrons. The summed E-state index contributed by atoms with van der Waals surface area (Å²) in [6.45, 7) is 3.58. The molecule has 0 atom stereocenters. The number of hydrogen-bond acceptors (Lipinski definition) is 8. The normalized spacial score (nSPS) is 10.5. The Morgan fingerprint density at radius 3 is 2.79 bits per heavy atom. The SMILES string of the molecule is CCCNn1nnnc1-c1ccnc(NCCc2ccncc2)n1. The number of pyridine rings is 1. The molecule has 0 aliphatic carbocycles. The van der Waals surface area contributed by atoms with Crippen LogP contribution in [0.5, 0.6) is 0 Å². The van der Waals surface area contributed by atoms with Crippen LogP contribution in [0.3, 0.4) is 0 Å². The van der Waals surface area contributed by atoms with Gasteiger partial charge in [-0.1, -0.05) is 6.92 Å². The highest BCUT2D eigenvalue weighted by Crippen LogP contribution is 2.13. The summed E-state index contributed by atoms with van der Waals surface area (Å²) in [5.41, 5.74) is 4.99. The molecule has 3 aromatic heterocycles. The largest absolute Gasteiger partial charge is 0.354 e. The van der Waals surface area contributed by atoms with Crippen molar-refractivity contribution in [3.63, 3.8) is 0 Å². The van der Waals surface area contributed by atoms with Gasteiger partial charge in [-0.3, -0.25) is 4.98 Å². The zero-order valence-electron chi connectivity index (χ0n) is 13.4. The van der Waals surface area contributed by atoms with Crippen molar-refractivity contribution in [1.82, 2.24) is 35.3 Å². The minimum atomic E-state index is 0.548. The fraction of sp³-hybridized carbons (Fsp3) is 0.333. The summed E-state index contributed by atoms with van der Waals surface area (Å²) in [6.07, 6.45) is 7.11. The van der Waals surface area contributed by atoms with Crippen LogP contribution >= 0.6 is 0 Å². The number of rotatable bonds is 8. The van der Waals surface area contributed by atoms with Gasteiger partial charge in [0, 0.05) is 31.7 Å². The molecule has 0 saturated carbocycles. The molecule has 0 saturated heterocycles. The Balaban J connectivity index is 1.65. The van der Waals surface area contributed by atoms with Crippen molar-refractivity contribution in [3.05, 3.63) is 42.4 Å². The van der Waals surface area contributed by atoms with Gasteiger partial charge in [0.05, 0.1) is 0 Å². The van der Waals surface area contributed by atoms with Gasteiger partial charge in [-0.05, 0) is 47.0 Å². The van der Waals surface area contributed by atoms with E-state index in [1.807, 2.05) is 12.1 Å². The highest BCUT2D eigenvalue weighted by molar-refractivity contribution is 5.50. The fourth-order valence-electron chi connectivity index (χ4n) is 2.11. The zero-order valence-corrected chi connectivity index (χ0v) is 13.4. The van der Waals surface area contributed by atoms with Crippen LogP contribution in [0.2, 0.25) is 0 Å². The number of anilines is 1. The second-order valence-corrected chi connectivity index (χ2v) is 5.12. The summed E-state index contributed by atoms with van der Waals surface area (Å²) in [6, 6.07) is 5.77. The van der Waals surface area contributed by atoms with Crippen LogP contribution in [0.4, 0.5) is 5.95 Å². The van der Waals surface area contributed by atoms with Gasteiger partial charge in [0.25, 0.3) is 0 Å². The van der Waals surface area contributed by atoms with E-state index in [9.17, 15) is 0 Å². The summed E-state index contributed by atoms with van der Waals surface area (Å²) in [4.78, 5) is 14.3. The first-order valence-electron chi connectivity index (χ1n) is 7.85. The van der Waals surface area contributed by atoms with Gasteiger partial charge in [0.15, 0.2) is 0 Å². The number of nitrogens with one attached hydrogen (secondary N) is 2. The van der Waals surface area contributed by atoms with Crippen LogP contribution in [-0.2, 0) is 6.42 Å². The van der Waals surface area contributed by atoms with Crippen molar-refractivity contribution in [1.29, 1.82) is 0 Å². The van der Waals surface area contributed by atoms with Gasteiger partial charge >= 0.3 is 0 Å². The maximum absolute atomic E-state index is 4.48. The number of nitrogens with zero attached hydrogens (tertiary/aromatic N) is 7. The Morgan fingerprint density at radius 2 is 1.96 bits per heavy atom. The lowest BCUT2D eigenvalue weighted by Crippen LogP contribution is -2.18. The molecule has 0 fully saturated rings. The van der Waals surface area contributed by atoms with Crippen molar-refractivity contribution in [3.8, 4) is 11.5 Å². The monoisotopic (exact) mass is 325 g/mol. The fourth-order valence-corrected chi connectivity index (χ4v) is 2.11. The van der Waals surface area contributed by atoms with Crippen LogP contribution in [0.25, 0.3) is 11.5 Å². The third-order valence-electron chi connectivity index (χ3n) is 3.31. The molecule has 24 heavy (non-hydrogen) atoms. The van der Waals surface area contributed by atoms with Crippen molar-refractivity contribution in [2.45, 2.75) is 19.8 Å². The van der Waals surface area contributed by atoms with Crippen LogP contribution in [0.15, 0.2) is 36.8 Å². The van der Waals surface area contributed by atoms with Gasteiger partial charge < -0.3 is 10.7 Å². The third-order valence-corrected chi connectivity index (χ3v) is 3.31. The first kappa shape index (κ1) is 15.8. The molecule has 0 amide bonds. The maximum atomic E-state index is 4.48. The van der Waals surface area contributed by atoms with E-state index in [0.717, 1.165) is 25.9 Å². The van der Waals surface area contributed by atoms with Gasteiger partial charge in [0.2, 0.25) is 11.8 Å². The molecular formula is C15H19N9. The molecule has 0 aliphatic heterocycles. The molecule has 0 spiro atoms. The van der Waals surface area contributed by atoms with Crippen molar-refractivity contribution < 1.29 is 0 Å². The lowest BCUT2D eigenvalue weighted by molar-refractivity contribution is 0.684. The predicted molar refractivity (Wildman–Crippen MR) is 89.8 cm³/mol. The molecule has 0 bridgehead atoms. The lowest BCUT2D eigenvalue weighted by atomic mass is 10.2. The highest BCUT2D eigenvalue weighted by Gasteiger charge is 2.11. The molecule has 9 heteroatoms. The summed E-state index contributed by atoms with van der Waals surface area (Å²) in [7, 11) is 0. The topological polar surface area (TPSA) is 106 Å². The molecule has 2 N–H and O–H groups in total. The summed E-state index contributed by atoms with van der Waals surface area (Å²) in [5.74, 6) is 1.11. The molecular weight excluding hydrogens is 306 g/mol. The Morgan fingerprint density at radius 1 is 1.08 bits per heavy atom. The average molecular weight is 325 g/mol. The average Bonchev–Trinajstić information content (AvgIpc) is 3.10. The zero-order chi connectivity index (χ0) is 16.6. The van der Waals surface area contributed by atoms with E-state index in [0.29, 0.717) is 17.5 Å². The molecule has 3 aromatic rings. The van der Waals surface area contributed by atoms with Crippen LogP contribution in [0.1, 0.15) is 18.9 Å². The molecule has 124 valence electrons. The molecule has 3 rings (SSSR count). The number of aromatic nitrogens is 7. The highest BCUT2D eigenvalue weighted by atomic mass is 15.7. The number of tetrazole rings is 1. The van der Waals surface area contributed by atoms with Crippen LogP contribution in [-0.4, -0.2) is 48.4 Å². The van der Waals surface area contributed by atoms with E-state index in [1.54, 1.807) is 24.7 Å². The molecule has 0 aliphatic rings. The van der Waals surface area contributed by atoms with Crippen molar-refractivity contribution in [2.24, 2.45) is 0 Å². The van der Waals surface area contributed by atoms with Gasteiger partial charge in [-0.2, -0.15) is 0 Å².